The molecule has 0 unspecified atom stereocenters. The van der Waals surface area contributed by atoms with Gasteiger partial charge in [0.25, 0.3) is 0 Å². The quantitative estimate of drug-likeness (QED) is 0.375. The second kappa shape index (κ2) is 10.8. The van der Waals surface area contributed by atoms with Gasteiger partial charge >= 0.3 is 6.03 Å². The molecule has 4 rings (SSSR count). The highest BCUT2D eigenvalue weighted by Crippen LogP contribution is 2.39. The number of phenolic OH excluding ortho intramolecular Hbond substituents is 1. The first-order chi connectivity index (χ1) is 16.9. The number of carbonyl (C=O) groups is 2. The van der Waals surface area contributed by atoms with E-state index in [0.29, 0.717) is 23.5 Å². The summed E-state index contributed by atoms with van der Waals surface area (Å²) in [5.74, 6) is 0.180. The number of carbonyl (C=O) groups excluding carboxylic acids is 2. The summed E-state index contributed by atoms with van der Waals surface area (Å²) in [7, 11) is 0. The van der Waals surface area contributed by atoms with Crippen molar-refractivity contribution in [3.63, 3.8) is 0 Å². The van der Waals surface area contributed by atoms with E-state index in [0.717, 1.165) is 48.9 Å². The lowest BCUT2D eigenvalue weighted by atomic mass is 9.82. The number of aromatic hydroxyl groups is 1. The molecule has 1 fully saturated rings. The fourth-order valence-corrected chi connectivity index (χ4v) is 4.49. The van der Waals surface area contributed by atoms with Crippen LogP contribution in [0, 0.1) is 12.8 Å². The summed E-state index contributed by atoms with van der Waals surface area (Å²) in [5, 5.41) is 21.2. The molecule has 1 heterocycles. The second-order valence-electron chi connectivity index (χ2n) is 9.38. The van der Waals surface area contributed by atoms with E-state index >= 15 is 0 Å². The zero-order valence-corrected chi connectivity index (χ0v) is 20.7. The molecule has 1 aromatic heterocycles. The molecule has 2 aromatic carbocycles. The topological polar surface area (TPSA) is 96.3 Å². The van der Waals surface area contributed by atoms with Crippen LogP contribution in [0.2, 0.25) is 0 Å². The van der Waals surface area contributed by atoms with E-state index in [-0.39, 0.29) is 29.5 Å². The molecular formula is C28H34N4O3. The fourth-order valence-electron chi connectivity index (χ4n) is 4.49. The number of anilines is 1. The molecule has 0 spiro atoms. The van der Waals surface area contributed by atoms with Crippen LogP contribution >= 0.6 is 0 Å². The molecule has 1 aliphatic rings. The number of aromatic nitrogens is 2. The summed E-state index contributed by atoms with van der Waals surface area (Å²) in [4.78, 5) is 25.5. The van der Waals surface area contributed by atoms with Crippen LogP contribution in [0.4, 0.5) is 10.5 Å². The van der Waals surface area contributed by atoms with Crippen molar-refractivity contribution < 1.29 is 14.7 Å². The summed E-state index contributed by atoms with van der Waals surface area (Å²) < 4.78 is 1.44. The maximum Gasteiger partial charge on any atom is 0.342 e. The number of rotatable bonds is 8. The average Bonchev–Trinajstić information content (AvgIpc) is 3.21. The van der Waals surface area contributed by atoms with Crippen molar-refractivity contribution in [3.8, 4) is 17.0 Å². The molecule has 184 valence electrons. The Labute approximate surface area is 206 Å². The van der Waals surface area contributed by atoms with Gasteiger partial charge in [-0.15, -0.1) is 0 Å². The summed E-state index contributed by atoms with van der Waals surface area (Å²) in [6.07, 6.45) is 4.69. The maximum atomic E-state index is 13.1. The van der Waals surface area contributed by atoms with Gasteiger partial charge in [0.2, 0.25) is 5.91 Å². The zero-order valence-electron chi connectivity index (χ0n) is 20.7. The second-order valence-corrected chi connectivity index (χ2v) is 9.38. The van der Waals surface area contributed by atoms with E-state index < -0.39 is 0 Å². The van der Waals surface area contributed by atoms with Gasteiger partial charge in [-0.2, -0.15) is 9.78 Å². The zero-order chi connectivity index (χ0) is 24.9. The highest BCUT2D eigenvalue weighted by Gasteiger charge is 2.27. The molecule has 35 heavy (non-hydrogen) atoms. The highest BCUT2D eigenvalue weighted by atomic mass is 16.3. The van der Waals surface area contributed by atoms with Gasteiger partial charge in [-0.1, -0.05) is 50.1 Å². The van der Waals surface area contributed by atoms with Crippen molar-refractivity contribution in [2.75, 3.05) is 5.32 Å². The van der Waals surface area contributed by atoms with E-state index in [1.54, 1.807) is 12.1 Å². The Balaban J connectivity index is 1.55. The fraction of sp³-hybridized carbons (Fsp3) is 0.393. The molecule has 2 amide bonds. The van der Waals surface area contributed by atoms with E-state index in [9.17, 15) is 14.7 Å². The first-order valence-electron chi connectivity index (χ1n) is 12.5. The van der Waals surface area contributed by atoms with Crippen molar-refractivity contribution in [1.82, 2.24) is 15.1 Å². The van der Waals surface area contributed by atoms with E-state index in [1.165, 1.54) is 10.7 Å². The van der Waals surface area contributed by atoms with Gasteiger partial charge in [0, 0.05) is 35.7 Å². The molecule has 1 aliphatic carbocycles. The van der Waals surface area contributed by atoms with Gasteiger partial charge < -0.3 is 15.7 Å². The number of hydrogen-bond acceptors (Lipinski definition) is 4. The van der Waals surface area contributed by atoms with Gasteiger partial charge in [-0.3, -0.25) is 4.79 Å². The molecule has 3 N–H and O–H groups in total. The van der Waals surface area contributed by atoms with Gasteiger partial charge in [-0.05, 0) is 56.4 Å². The van der Waals surface area contributed by atoms with Crippen LogP contribution in [0.15, 0.2) is 48.5 Å². The van der Waals surface area contributed by atoms with Crippen molar-refractivity contribution in [3.05, 3.63) is 65.4 Å². The van der Waals surface area contributed by atoms with Crippen molar-refractivity contribution in [2.45, 2.75) is 65.3 Å². The van der Waals surface area contributed by atoms with E-state index in [1.807, 2.05) is 51.1 Å². The van der Waals surface area contributed by atoms with E-state index in [4.69, 9.17) is 0 Å². The van der Waals surface area contributed by atoms with Crippen LogP contribution in [-0.2, 0) is 11.3 Å². The summed E-state index contributed by atoms with van der Waals surface area (Å²) in [5.41, 5.74) is 4.63. The van der Waals surface area contributed by atoms with Crippen molar-refractivity contribution in [1.29, 1.82) is 0 Å². The smallest absolute Gasteiger partial charge is 0.342 e. The molecule has 7 heteroatoms. The summed E-state index contributed by atoms with van der Waals surface area (Å²) in [6, 6.07) is 14.7. The van der Waals surface area contributed by atoms with Crippen LogP contribution in [-0.4, -0.2) is 26.8 Å². The Morgan fingerprint density at radius 3 is 2.51 bits per heavy atom. The third kappa shape index (κ3) is 5.56. The lowest BCUT2D eigenvalue weighted by Gasteiger charge is -2.25. The number of nitrogens with one attached hydrogen (secondary N) is 2. The van der Waals surface area contributed by atoms with Crippen LogP contribution in [0.1, 0.15) is 68.7 Å². The standard InChI is InChI=1S/C28H34N4O3/c1-4-20(5-2)27(34)30-22-12-13-23(26(33)15-22)24-16-25(21-10-7-11-21)32(31-24)28(35)29-17-19-9-6-8-18(3)14-19/h6,8-9,12-16,20-21,33H,4-5,7,10-11,17H2,1-3H3,(H,29,35)(H,30,34). The Bertz CT molecular complexity index is 1210. The number of phenols is 1. The normalized spacial score (nSPS) is 13.5. The Morgan fingerprint density at radius 1 is 1.11 bits per heavy atom. The maximum absolute atomic E-state index is 13.1. The molecule has 0 aliphatic heterocycles. The number of aryl methyl sites for hydroxylation is 1. The van der Waals surface area contributed by atoms with Crippen molar-refractivity contribution >= 4 is 17.6 Å². The monoisotopic (exact) mass is 474 g/mol. The highest BCUT2D eigenvalue weighted by molar-refractivity contribution is 5.93. The minimum absolute atomic E-state index is 0.0114. The first-order valence-corrected chi connectivity index (χ1v) is 12.5. The molecule has 0 radical (unpaired) electrons. The molecule has 3 aromatic rings. The predicted molar refractivity (Wildman–Crippen MR) is 137 cm³/mol. The Kier molecular flexibility index (Phi) is 7.54. The molecule has 0 atom stereocenters. The van der Waals surface area contributed by atoms with Gasteiger partial charge in [-0.25, -0.2) is 4.79 Å². The molecule has 0 saturated heterocycles. The number of benzene rings is 2. The van der Waals surface area contributed by atoms with E-state index in [2.05, 4.69) is 15.7 Å². The average molecular weight is 475 g/mol. The minimum atomic E-state index is -0.284. The Hall–Kier alpha value is -3.61. The predicted octanol–water partition coefficient (Wildman–Crippen LogP) is 5.96. The SMILES string of the molecule is CCC(CC)C(=O)Nc1ccc(-c2cc(C3CCC3)n(C(=O)NCc3cccc(C)c3)n2)c(O)c1. The number of nitrogens with zero attached hydrogens (tertiary/aromatic N) is 2. The third-order valence-electron chi connectivity index (χ3n) is 6.88. The van der Waals surface area contributed by atoms with Crippen LogP contribution in [0.3, 0.4) is 0 Å². The van der Waals surface area contributed by atoms with Crippen molar-refractivity contribution in [2.24, 2.45) is 5.92 Å². The Morgan fingerprint density at radius 2 is 1.89 bits per heavy atom. The van der Waals surface area contributed by atoms with Crippen LogP contribution in [0.25, 0.3) is 11.3 Å². The molecular weight excluding hydrogens is 440 g/mol. The van der Waals surface area contributed by atoms with Crippen LogP contribution < -0.4 is 10.6 Å². The lowest BCUT2D eigenvalue weighted by Crippen LogP contribution is -2.31. The van der Waals surface area contributed by atoms with Gasteiger partial charge in [0.1, 0.15) is 5.75 Å². The first kappa shape index (κ1) is 24.5. The molecule has 7 nitrogen and oxygen atoms in total. The lowest BCUT2D eigenvalue weighted by molar-refractivity contribution is -0.120. The largest absolute Gasteiger partial charge is 0.507 e. The van der Waals surface area contributed by atoms with Gasteiger partial charge in [0.15, 0.2) is 0 Å². The third-order valence-corrected chi connectivity index (χ3v) is 6.88. The molecule has 0 bridgehead atoms. The van der Waals surface area contributed by atoms with Gasteiger partial charge in [0.05, 0.1) is 11.4 Å². The molecule has 1 saturated carbocycles. The minimum Gasteiger partial charge on any atom is -0.507 e. The number of amides is 2. The number of hydrogen-bond donors (Lipinski definition) is 3. The summed E-state index contributed by atoms with van der Waals surface area (Å²) >= 11 is 0. The summed E-state index contributed by atoms with van der Waals surface area (Å²) in [6.45, 7) is 6.41. The van der Waals surface area contributed by atoms with Crippen LogP contribution in [0.5, 0.6) is 5.75 Å².